The predicted molar refractivity (Wildman–Crippen MR) is 132 cm³/mol. The van der Waals surface area contributed by atoms with Gasteiger partial charge in [0, 0.05) is 16.5 Å². The van der Waals surface area contributed by atoms with Crippen LogP contribution in [-0.2, 0) is 41.7 Å². The van der Waals surface area contributed by atoms with Crippen molar-refractivity contribution in [1.82, 2.24) is 0 Å². The fraction of sp³-hybridized carbons (Fsp3) is 0.0769. The van der Waals surface area contributed by atoms with Crippen molar-refractivity contribution in [3.05, 3.63) is 119 Å². The molecule has 0 fully saturated rings. The van der Waals surface area contributed by atoms with Gasteiger partial charge in [0.2, 0.25) is 0 Å². The molecule has 4 rings (SSSR count). The third kappa shape index (κ3) is 6.08. The predicted octanol–water partition coefficient (Wildman–Crippen LogP) is 7.10. The van der Waals surface area contributed by atoms with Gasteiger partial charge in [-0.25, -0.2) is 0 Å². The van der Waals surface area contributed by atoms with Gasteiger partial charge in [0.15, 0.2) is 0 Å². The number of para-hydroxylation sites is 2. The molecule has 2 N–H and O–H groups in total. The van der Waals surface area contributed by atoms with Gasteiger partial charge in [-0.3, -0.25) is 0 Å². The van der Waals surface area contributed by atoms with Gasteiger partial charge in [-0.1, -0.05) is 83.9 Å². The summed E-state index contributed by atoms with van der Waals surface area (Å²) in [6.45, 7) is 0. The van der Waals surface area contributed by atoms with E-state index >= 15 is 0 Å². The van der Waals surface area contributed by atoms with Crippen LogP contribution in [0.4, 0.5) is 11.4 Å². The van der Waals surface area contributed by atoms with E-state index in [-0.39, 0.29) is 28.0 Å². The quantitative estimate of drug-likeness (QED) is 0.204. The van der Waals surface area contributed by atoms with E-state index in [1.165, 1.54) is 0 Å². The van der Waals surface area contributed by atoms with Crippen LogP contribution >= 0.6 is 0 Å². The van der Waals surface area contributed by atoms with E-state index in [4.69, 9.17) is 35.9 Å². The smallest absolute Gasteiger partial charge is 0.115 e. The van der Waals surface area contributed by atoms with E-state index in [0.29, 0.717) is 21.2 Å². The third-order valence-electron chi connectivity index (χ3n) is 5.06. The summed E-state index contributed by atoms with van der Waals surface area (Å²) >= 11 is 11.0. The van der Waals surface area contributed by atoms with E-state index in [1.807, 2.05) is 72.8 Å². The molecule has 4 aromatic carbocycles. The van der Waals surface area contributed by atoms with E-state index in [9.17, 15) is 10.2 Å². The van der Waals surface area contributed by atoms with Crippen molar-refractivity contribution in [2.75, 3.05) is 0 Å². The maximum Gasteiger partial charge on any atom is 0.115 e. The van der Waals surface area contributed by atoms with Crippen molar-refractivity contribution in [2.45, 2.75) is 21.9 Å². The van der Waals surface area contributed by atoms with Crippen molar-refractivity contribution >= 4 is 36.6 Å². The molecule has 4 nitrogen and oxygen atoms in total. The molecular weight excluding hydrogens is 495 g/mol. The fourth-order valence-corrected chi connectivity index (χ4v) is 3.82. The number of nitrogens with zero attached hydrogens (tertiary/aromatic N) is 2. The van der Waals surface area contributed by atoms with Gasteiger partial charge in [-0.05, 0) is 24.3 Å². The first kappa shape index (κ1) is 24.7. The molecule has 0 saturated heterocycles. The summed E-state index contributed by atoms with van der Waals surface area (Å²) in [7, 11) is 0. The topological polar surface area (TPSA) is 68.7 Å². The van der Waals surface area contributed by atoms with E-state index in [1.54, 1.807) is 24.3 Å². The second-order valence-corrected chi connectivity index (χ2v) is 8.15. The van der Waals surface area contributed by atoms with Gasteiger partial charge >= 0.3 is 0 Å². The number of hydrogen-bond acceptors (Lipinski definition) is 4. The Kier molecular flexibility index (Phi) is 8.39. The molecule has 0 aliphatic rings. The Hall–Kier alpha value is -2.99. The molecule has 2 atom stereocenters. The Morgan fingerprint density at radius 1 is 0.515 bits per heavy atom. The summed E-state index contributed by atoms with van der Waals surface area (Å²) in [5.41, 5.74) is 3.10. The average Bonchev–Trinajstić information content (AvgIpc) is 2.80. The van der Waals surface area contributed by atoms with Crippen LogP contribution in [0.5, 0.6) is 11.5 Å². The van der Waals surface area contributed by atoms with Gasteiger partial charge in [0.05, 0.1) is 0 Å². The summed E-state index contributed by atoms with van der Waals surface area (Å²) < 4.78 is 0. The number of phenols is 2. The number of hydrogen-bond donors (Lipinski definition) is 2. The van der Waals surface area contributed by atoms with Crippen LogP contribution in [0, 0.1) is 0 Å². The van der Waals surface area contributed by atoms with Gasteiger partial charge in [0.1, 0.15) is 11.5 Å². The molecule has 0 amide bonds. The molecule has 172 valence electrons. The molecule has 4 aromatic rings. The van der Waals surface area contributed by atoms with Crippen molar-refractivity contribution in [1.29, 1.82) is 0 Å². The second kappa shape index (κ2) is 11.2. The standard InChI is InChI=1S/C26H22N2O2S2.Ni/c29-19-13-9-17(10-14-19)25(27-21-5-1-3-7-23(21)31)26(18-11-15-20(30)16-12-18)28-22-6-2-4-8-24(22)32;/h1-16,25-26,29-32H;/q-2;/p-2. The Morgan fingerprint density at radius 3 is 1.18 bits per heavy atom. The Morgan fingerprint density at radius 2 is 0.848 bits per heavy atom. The maximum absolute atomic E-state index is 9.82. The minimum Gasteiger partial charge on any atom is -0.781 e. The van der Waals surface area contributed by atoms with Crippen LogP contribution in [0.2, 0.25) is 0 Å². The van der Waals surface area contributed by atoms with E-state index in [0.717, 1.165) is 11.1 Å². The van der Waals surface area contributed by atoms with Crippen LogP contribution in [0.15, 0.2) is 107 Å². The van der Waals surface area contributed by atoms with Crippen LogP contribution < -0.4 is 0 Å². The molecule has 0 aromatic heterocycles. The molecule has 0 heterocycles. The summed E-state index contributed by atoms with van der Waals surface area (Å²) in [4.78, 5) is 1.29. The SMILES string of the molecule is Oc1ccc(C([N-]c2ccccc2[S-])C([N-]c2ccccc2[S-])c2ccc(O)cc2)cc1.[Ni]. The first-order chi connectivity index (χ1) is 15.5. The van der Waals surface area contributed by atoms with Crippen molar-refractivity contribution < 1.29 is 26.7 Å². The summed E-state index contributed by atoms with van der Waals surface area (Å²) in [6, 6.07) is 28.0. The monoisotopic (exact) mass is 514 g/mol. The number of benzene rings is 4. The van der Waals surface area contributed by atoms with Gasteiger partial charge < -0.3 is 46.1 Å². The molecule has 7 heteroatoms. The van der Waals surface area contributed by atoms with Crippen LogP contribution in [0.25, 0.3) is 10.6 Å². The summed E-state index contributed by atoms with van der Waals surface area (Å²) in [5, 5.41) is 29.6. The zero-order chi connectivity index (χ0) is 22.5. The molecular formula is C26H20N2NiO2S2-4. The van der Waals surface area contributed by atoms with E-state index in [2.05, 4.69) is 0 Å². The zero-order valence-corrected chi connectivity index (χ0v) is 19.9. The fourth-order valence-electron chi connectivity index (χ4n) is 3.43. The zero-order valence-electron chi connectivity index (χ0n) is 17.3. The number of phenolic OH excluding ortho intramolecular Hbond substituents is 2. The summed E-state index contributed by atoms with van der Waals surface area (Å²) in [6.07, 6.45) is 0. The van der Waals surface area contributed by atoms with Gasteiger partial charge in [-0.15, -0.1) is 12.1 Å². The van der Waals surface area contributed by atoms with Crippen molar-refractivity contribution in [3.8, 4) is 11.5 Å². The van der Waals surface area contributed by atoms with Crippen molar-refractivity contribution in [3.63, 3.8) is 0 Å². The van der Waals surface area contributed by atoms with E-state index < -0.39 is 12.1 Å². The third-order valence-corrected chi connectivity index (χ3v) is 5.75. The normalized spacial score (nSPS) is 12.2. The molecule has 0 bridgehead atoms. The molecule has 0 aliphatic carbocycles. The number of rotatable bonds is 7. The Balaban J connectivity index is 0.00000306. The summed E-state index contributed by atoms with van der Waals surface area (Å²) in [5.74, 6) is 0.343. The molecule has 0 aliphatic heterocycles. The molecule has 33 heavy (non-hydrogen) atoms. The largest absolute Gasteiger partial charge is 0.781 e. The Bertz CT molecular complexity index is 1090. The molecule has 0 saturated carbocycles. The van der Waals surface area contributed by atoms with Crippen molar-refractivity contribution in [2.24, 2.45) is 0 Å². The maximum atomic E-state index is 9.82. The van der Waals surface area contributed by atoms with Crippen LogP contribution in [-0.4, -0.2) is 10.2 Å². The molecule has 0 spiro atoms. The van der Waals surface area contributed by atoms with Crippen LogP contribution in [0.1, 0.15) is 23.2 Å². The second-order valence-electron chi connectivity index (χ2n) is 7.27. The molecule has 0 radical (unpaired) electrons. The minimum atomic E-state index is -0.446. The number of aromatic hydroxyl groups is 2. The van der Waals surface area contributed by atoms with Crippen LogP contribution in [0.3, 0.4) is 0 Å². The van der Waals surface area contributed by atoms with Gasteiger partial charge in [0.25, 0.3) is 0 Å². The minimum absolute atomic E-state index is 0. The van der Waals surface area contributed by atoms with Gasteiger partial charge in [-0.2, -0.15) is 21.2 Å². The molecule has 2 unspecified atom stereocenters. The average molecular weight is 515 g/mol. The first-order valence-corrected chi connectivity index (χ1v) is 10.8. The first-order valence-electron chi connectivity index (χ1n) is 10.0. The Labute approximate surface area is 214 Å².